The highest BCUT2D eigenvalue weighted by Crippen LogP contribution is 2.39. The molecule has 2 heteroatoms. The molecule has 0 saturated heterocycles. The first-order chi connectivity index (χ1) is 11.9. The van der Waals surface area contributed by atoms with Gasteiger partial charge in [0.2, 0.25) is 0 Å². The molecule has 0 aromatic heterocycles. The van der Waals surface area contributed by atoms with Crippen LogP contribution in [0.4, 0.5) is 0 Å². The van der Waals surface area contributed by atoms with Crippen LogP contribution >= 0.6 is 0 Å². The molecule has 0 N–H and O–H groups in total. The summed E-state index contributed by atoms with van der Waals surface area (Å²) in [5.74, 6) is 0.392. The number of ether oxygens (including phenoxy) is 1. The zero-order valence-corrected chi connectivity index (χ0v) is 15.3. The Bertz CT molecular complexity index is 903. The summed E-state index contributed by atoms with van der Waals surface area (Å²) in [5.41, 5.74) is 3.51. The van der Waals surface area contributed by atoms with Crippen molar-refractivity contribution in [3.05, 3.63) is 77.4 Å². The van der Waals surface area contributed by atoms with Gasteiger partial charge in [0.15, 0.2) is 0 Å². The fraction of sp³-hybridized carbons (Fsp3) is 0.261. The van der Waals surface area contributed by atoms with Crippen LogP contribution in [0.15, 0.2) is 60.7 Å². The van der Waals surface area contributed by atoms with Gasteiger partial charge in [-0.3, -0.25) is 4.79 Å². The van der Waals surface area contributed by atoms with E-state index in [0.717, 1.165) is 22.8 Å². The minimum Gasteiger partial charge on any atom is -0.426 e. The summed E-state index contributed by atoms with van der Waals surface area (Å²) in [6.07, 6.45) is 0.733. The van der Waals surface area contributed by atoms with E-state index < -0.39 is 0 Å². The Kier molecular flexibility index (Phi) is 4.63. The SMILES string of the molecule is CC(=O)Oc1c(Cc2ccccc2)cc(C(C)(C)C)c2ccccc12. The highest BCUT2D eigenvalue weighted by atomic mass is 16.5. The maximum absolute atomic E-state index is 11.7. The number of hydrogen-bond acceptors (Lipinski definition) is 2. The quantitative estimate of drug-likeness (QED) is 0.457. The minimum absolute atomic E-state index is 0.000204. The third-order valence-corrected chi connectivity index (χ3v) is 4.36. The lowest BCUT2D eigenvalue weighted by atomic mass is 9.81. The van der Waals surface area contributed by atoms with Crippen LogP contribution in [0, 0.1) is 0 Å². The summed E-state index contributed by atoms with van der Waals surface area (Å²) in [6, 6.07) is 20.7. The van der Waals surface area contributed by atoms with Gasteiger partial charge in [0.25, 0.3) is 0 Å². The summed E-state index contributed by atoms with van der Waals surface area (Å²) >= 11 is 0. The Morgan fingerprint density at radius 2 is 1.52 bits per heavy atom. The van der Waals surface area contributed by atoms with Crippen LogP contribution in [-0.4, -0.2) is 5.97 Å². The average Bonchev–Trinajstić information content (AvgIpc) is 2.56. The summed E-state index contributed by atoms with van der Waals surface area (Å²) in [4.78, 5) is 11.7. The molecule has 0 atom stereocenters. The van der Waals surface area contributed by atoms with E-state index in [2.05, 4.69) is 45.0 Å². The van der Waals surface area contributed by atoms with E-state index in [1.807, 2.05) is 36.4 Å². The zero-order valence-electron chi connectivity index (χ0n) is 15.3. The van der Waals surface area contributed by atoms with Crippen LogP contribution in [0.3, 0.4) is 0 Å². The molecule has 128 valence electrons. The standard InChI is InChI=1S/C23H24O2/c1-16(24)25-22-18(14-17-10-6-5-7-11-17)15-21(23(2,3)4)19-12-8-9-13-20(19)22/h5-13,15H,14H2,1-4H3. The van der Waals surface area contributed by atoms with Crippen molar-refractivity contribution in [1.29, 1.82) is 0 Å². The number of esters is 1. The molecule has 0 heterocycles. The van der Waals surface area contributed by atoms with E-state index in [1.54, 1.807) is 0 Å². The Labute approximate surface area is 149 Å². The Hall–Kier alpha value is -2.61. The van der Waals surface area contributed by atoms with Crippen molar-refractivity contribution >= 4 is 16.7 Å². The molecule has 0 aliphatic rings. The van der Waals surface area contributed by atoms with Gasteiger partial charge in [-0.15, -0.1) is 0 Å². The van der Waals surface area contributed by atoms with Gasteiger partial charge in [-0.25, -0.2) is 0 Å². The van der Waals surface area contributed by atoms with Crippen LogP contribution in [-0.2, 0) is 16.6 Å². The number of benzene rings is 3. The fourth-order valence-electron chi connectivity index (χ4n) is 3.24. The predicted octanol–water partition coefficient (Wildman–Crippen LogP) is 5.65. The predicted molar refractivity (Wildman–Crippen MR) is 103 cm³/mol. The van der Waals surface area contributed by atoms with Gasteiger partial charge in [0.1, 0.15) is 5.75 Å². The molecule has 2 nitrogen and oxygen atoms in total. The molecule has 0 spiro atoms. The summed E-state index contributed by atoms with van der Waals surface area (Å²) in [5, 5.41) is 2.14. The van der Waals surface area contributed by atoms with E-state index in [9.17, 15) is 4.79 Å². The van der Waals surface area contributed by atoms with Gasteiger partial charge in [-0.05, 0) is 21.9 Å². The van der Waals surface area contributed by atoms with E-state index in [0.29, 0.717) is 5.75 Å². The second kappa shape index (κ2) is 6.72. The number of hydrogen-bond donors (Lipinski definition) is 0. The molecule has 0 aliphatic carbocycles. The largest absolute Gasteiger partial charge is 0.426 e. The van der Waals surface area contributed by atoms with Crippen LogP contribution in [0.5, 0.6) is 5.75 Å². The molecular formula is C23H24O2. The summed E-state index contributed by atoms with van der Waals surface area (Å²) in [6.45, 7) is 8.10. The molecule has 3 aromatic rings. The fourth-order valence-corrected chi connectivity index (χ4v) is 3.24. The van der Waals surface area contributed by atoms with Gasteiger partial charge >= 0.3 is 5.97 Å². The lowest BCUT2D eigenvalue weighted by Gasteiger charge is -2.24. The summed E-state index contributed by atoms with van der Waals surface area (Å²) in [7, 11) is 0. The number of carbonyl (C=O) groups is 1. The molecular weight excluding hydrogens is 308 g/mol. The second-order valence-corrected chi connectivity index (χ2v) is 7.46. The minimum atomic E-state index is -0.289. The van der Waals surface area contributed by atoms with Gasteiger partial charge in [0, 0.05) is 24.3 Å². The molecule has 0 radical (unpaired) electrons. The highest BCUT2D eigenvalue weighted by Gasteiger charge is 2.22. The lowest BCUT2D eigenvalue weighted by Crippen LogP contribution is -2.14. The monoisotopic (exact) mass is 332 g/mol. The van der Waals surface area contributed by atoms with E-state index in [4.69, 9.17) is 4.74 Å². The van der Waals surface area contributed by atoms with Crippen molar-refractivity contribution in [2.45, 2.75) is 39.5 Å². The van der Waals surface area contributed by atoms with Crippen LogP contribution < -0.4 is 4.74 Å². The number of carbonyl (C=O) groups excluding carboxylic acids is 1. The summed E-state index contributed by atoms with van der Waals surface area (Å²) < 4.78 is 5.66. The maximum Gasteiger partial charge on any atom is 0.308 e. The second-order valence-electron chi connectivity index (χ2n) is 7.46. The Morgan fingerprint density at radius 1 is 0.920 bits per heavy atom. The van der Waals surface area contributed by atoms with Gasteiger partial charge in [-0.1, -0.05) is 81.4 Å². The van der Waals surface area contributed by atoms with Crippen molar-refractivity contribution in [1.82, 2.24) is 0 Å². The topological polar surface area (TPSA) is 26.3 Å². The van der Waals surface area contributed by atoms with Crippen molar-refractivity contribution in [2.24, 2.45) is 0 Å². The molecule has 3 aromatic carbocycles. The van der Waals surface area contributed by atoms with Gasteiger partial charge < -0.3 is 4.74 Å². The van der Waals surface area contributed by atoms with Crippen LogP contribution in [0.25, 0.3) is 10.8 Å². The number of fused-ring (bicyclic) bond motifs is 1. The molecule has 0 saturated carbocycles. The third-order valence-electron chi connectivity index (χ3n) is 4.36. The first kappa shape index (κ1) is 17.2. The smallest absolute Gasteiger partial charge is 0.308 e. The van der Waals surface area contributed by atoms with Gasteiger partial charge in [-0.2, -0.15) is 0 Å². The van der Waals surface area contributed by atoms with Crippen LogP contribution in [0.2, 0.25) is 0 Å². The van der Waals surface area contributed by atoms with E-state index in [-0.39, 0.29) is 11.4 Å². The van der Waals surface area contributed by atoms with Crippen molar-refractivity contribution < 1.29 is 9.53 Å². The molecule has 3 rings (SSSR count). The maximum atomic E-state index is 11.7. The van der Waals surface area contributed by atoms with E-state index >= 15 is 0 Å². The molecule has 0 bridgehead atoms. The van der Waals surface area contributed by atoms with Crippen LogP contribution in [0.1, 0.15) is 44.4 Å². The third kappa shape index (κ3) is 3.74. The van der Waals surface area contributed by atoms with E-state index in [1.165, 1.54) is 18.1 Å². The van der Waals surface area contributed by atoms with Crippen molar-refractivity contribution in [3.8, 4) is 5.75 Å². The molecule has 0 amide bonds. The Balaban J connectivity index is 2.27. The molecule has 0 fully saturated rings. The molecule has 0 unspecified atom stereocenters. The van der Waals surface area contributed by atoms with Crippen molar-refractivity contribution in [3.63, 3.8) is 0 Å². The normalized spacial score (nSPS) is 11.5. The van der Waals surface area contributed by atoms with Crippen molar-refractivity contribution in [2.75, 3.05) is 0 Å². The first-order valence-corrected chi connectivity index (χ1v) is 8.63. The Morgan fingerprint density at radius 3 is 2.12 bits per heavy atom. The lowest BCUT2D eigenvalue weighted by molar-refractivity contribution is -0.131. The average molecular weight is 332 g/mol. The number of rotatable bonds is 3. The zero-order chi connectivity index (χ0) is 18.0. The highest BCUT2D eigenvalue weighted by molar-refractivity contribution is 5.94. The van der Waals surface area contributed by atoms with Gasteiger partial charge in [0.05, 0.1) is 0 Å². The first-order valence-electron chi connectivity index (χ1n) is 8.63. The molecule has 25 heavy (non-hydrogen) atoms. The molecule has 0 aliphatic heterocycles.